The lowest BCUT2D eigenvalue weighted by Gasteiger charge is -2.05. The molecule has 1 aliphatic heterocycles. The second kappa shape index (κ2) is 4.00. The van der Waals surface area contributed by atoms with Crippen LogP contribution in [0, 0.1) is 0 Å². The van der Waals surface area contributed by atoms with E-state index in [4.69, 9.17) is 5.11 Å². The topological polar surface area (TPSA) is 71.6 Å². The van der Waals surface area contributed by atoms with Crippen LogP contribution in [0.4, 0.5) is 0 Å². The summed E-state index contributed by atoms with van der Waals surface area (Å²) < 4.78 is 0. The second-order valence-electron chi connectivity index (χ2n) is 4.04. The summed E-state index contributed by atoms with van der Waals surface area (Å²) >= 11 is 0. The summed E-state index contributed by atoms with van der Waals surface area (Å²) in [5, 5.41) is 13.0. The van der Waals surface area contributed by atoms with Gasteiger partial charge in [0.25, 0.3) is 0 Å². The minimum absolute atomic E-state index is 0.266. The molecule has 0 aromatic heterocycles. The van der Waals surface area contributed by atoms with Crippen LogP contribution in [-0.4, -0.2) is 16.9 Å². The van der Waals surface area contributed by atoms with Crippen LogP contribution in [0.1, 0.15) is 15.9 Å². The van der Waals surface area contributed by atoms with Crippen LogP contribution in [0.25, 0.3) is 11.1 Å². The summed E-state index contributed by atoms with van der Waals surface area (Å²) in [5.74, 6) is -0.203. The number of aromatic carboxylic acids is 1. The predicted octanol–water partition coefficient (Wildman–Crippen LogP) is 2.32. The largest absolute Gasteiger partial charge is 0.478 e. The number of benzene rings is 2. The van der Waals surface area contributed by atoms with Gasteiger partial charge in [0, 0.05) is 5.56 Å². The number of carboxylic acid groups (broad SMARTS) is 1. The zero-order chi connectivity index (χ0) is 12.5. The van der Waals surface area contributed by atoms with E-state index in [2.05, 4.69) is 10.5 Å². The van der Waals surface area contributed by atoms with E-state index in [1.165, 1.54) is 0 Å². The Labute approximate surface area is 104 Å². The molecule has 0 unspecified atom stereocenters. The van der Waals surface area contributed by atoms with Crippen molar-refractivity contribution in [3.8, 4) is 11.1 Å². The molecule has 0 spiro atoms. The highest BCUT2D eigenvalue weighted by Crippen LogP contribution is 2.23. The van der Waals surface area contributed by atoms with E-state index >= 15 is 0 Å². The molecule has 0 atom stereocenters. The number of hydrogen-bond donors (Lipinski definition) is 2. The van der Waals surface area contributed by atoms with E-state index in [0.29, 0.717) is 0 Å². The molecule has 2 N–H and O–H groups in total. The van der Waals surface area contributed by atoms with Gasteiger partial charge in [-0.1, -0.05) is 30.3 Å². The summed E-state index contributed by atoms with van der Waals surface area (Å²) in [6.45, 7) is 0. The van der Waals surface area contributed by atoms with Crippen molar-refractivity contribution < 1.29 is 9.90 Å². The maximum Gasteiger partial charge on any atom is 0.335 e. The Balaban J connectivity index is 2.14. The molecule has 1 heterocycles. The Bertz CT molecular complexity index is 628. The van der Waals surface area contributed by atoms with Crippen molar-refractivity contribution in [1.29, 1.82) is 0 Å². The van der Waals surface area contributed by atoms with Crippen LogP contribution < -0.4 is 5.43 Å². The van der Waals surface area contributed by atoms with Gasteiger partial charge in [-0.15, -0.1) is 0 Å². The number of carboxylic acids is 1. The summed E-state index contributed by atoms with van der Waals surface area (Å²) in [6.07, 6.45) is 0. The van der Waals surface area contributed by atoms with Gasteiger partial charge in [-0.05, 0) is 29.3 Å². The molecular weight excluding hydrogens is 228 g/mol. The molecular formula is C14H10N2O2. The normalized spacial score (nSPS) is 12.6. The molecule has 0 amide bonds. The summed E-state index contributed by atoms with van der Waals surface area (Å²) in [4.78, 5) is 11.1. The number of hydrogen-bond acceptors (Lipinski definition) is 3. The third kappa shape index (κ3) is 1.96. The number of nitrogens with zero attached hydrogens (tertiary/aromatic N) is 1. The molecule has 0 bridgehead atoms. The van der Waals surface area contributed by atoms with Crippen molar-refractivity contribution in [1.82, 2.24) is 5.43 Å². The molecule has 3 rings (SSSR count). The zero-order valence-corrected chi connectivity index (χ0v) is 9.42. The first kappa shape index (κ1) is 10.5. The van der Waals surface area contributed by atoms with Crippen molar-refractivity contribution in [2.24, 2.45) is 5.10 Å². The van der Waals surface area contributed by atoms with Crippen molar-refractivity contribution in [3.63, 3.8) is 0 Å². The van der Waals surface area contributed by atoms with Gasteiger partial charge in [-0.3, -0.25) is 5.43 Å². The average molecular weight is 238 g/mol. The maximum absolute atomic E-state index is 11.1. The van der Waals surface area contributed by atoms with Crippen LogP contribution in [0.2, 0.25) is 0 Å². The monoisotopic (exact) mass is 238 g/mol. The Morgan fingerprint density at radius 3 is 2.28 bits per heavy atom. The van der Waals surface area contributed by atoms with E-state index in [0.717, 1.165) is 22.5 Å². The average Bonchev–Trinajstić information content (AvgIpc) is 3.23. The zero-order valence-electron chi connectivity index (χ0n) is 9.42. The molecule has 0 saturated carbocycles. The van der Waals surface area contributed by atoms with Crippen LogP contribution in [0.15, 0.2) is 53.6 Å². The summed E-state index contributed by atoms with van der Waals surface area (Å²) in [5.41, 5.74) is 5.68. The van der Waals surface area contributed by atoms with Gasteiger partial charge in [-0.25, -0.2) is 4.79 Å². The van der Waals surface area contributed by atoms with E-state index in [1.54, 1.807) is 12.1 Å². The molecule has 4 heteroatoms. The van der Waals surface area contributed by atoms with Crippen LogP contribution in [-0.2, 0) is 0 Å². The molecule has 0 saturated heterocycles. The number of rotatable bonds is 3. The molecule has 2 aromatic carbocycles. The molecule has 18 heavy (non-hydrogen) atoms. The van der Waals surface area contributed by atoms with E-state index in [1.807, 2.05) is 36.4 Å². The summed E-state index contributed by atoms with van der Waals surface area (Å²) in [7, 11) is 0. The van der Waals surface area contributed by atoms with Gasteiger partial charge in [-0.2, -0.15) is 5.10 Å². The van der Waals surface area contributed by atoms with Crippen molar-refractivity contribution >= 4 is 11.8 Å². The van der Waals surface area contributed by atoms with Gasteiger partial charge in [0.15, 0.2) is 5.84 Å². The first-order chi connectivity index (χ1) is 8.74. The highest BCUT2D eigenvalue weighted by molar-refractivity contribution is 6.07. The minimum atomic E-state index is -0.935. The van der Waals surface area contributed by atoms with Gasteiger partial charge in [0.2, 0.25) is 0 Å². The predicted molar refractivity (Wildman–Crippen MR) is 68.5 cm³/mol. The third-order valence-corrected chi connectivity index (χ3v) is 2.78. The number of hydrazone groups is 1. The Kier molecular flexibility index (Phi) is 2.34. The van der Waals surface area contributed by atoms with Crippen LogP contribution >= 0.6 is 0 Å². The van der Waals surface area contributed by atoms with Crippen LogP contribution in [0.5, 0.6) is 0 Å². The fourth-order valence-corrected chi connectivity index (χ4v) is 1.84. The maximum atomic E-state index is 11.1. The fourth-order valence-electron chi connectivity index (χ4n) is 1.84. The molecule has 0 fully saturated rings. The number of nitrogens with one attached hydrogen (secondary N) is 1. The van der Waals surface area contributed by atoms with Crippen LogP contribution in [0.3, 0.4) is 0 Å². The molecule has 4 nitrogen and oxygen atoms in total. The lowest BCUT2D eigenvalue weighted by Crippen LogP contribution is -2.02. The van der Waals surface area contributed by atoms with Gasteiger partial charge in [0.1, 0.15) is 0 Å². The molecule has 2 aromatic rings. The molecule has 88 valence electrons. The van der Waals surface area contributed by atoms with E-state index in [-0.39, 0.29) is 5.56 Å². The molecule has 0 aliphatic carbocycles. The second-order valence-corrected chi connectivity index (χ2v) is 4.04. The first-order valence-electron chi connectivity index (χ1n) is 5.52. The highest BCUT2D eigenvalue weighted by Gasteiger charge is 2.16. The minimum Gasteiger partial charge on any atom is -0.478 e. The van der Waals surface area contributed by atoms with Gasteiger partial charge >= 0.3 is 5.97 Å². The highest BCUT2D eigenvalue weighted by atomic mass is 16.4. The standard InChI is InChI=1S/C14H10N2O2/c17-14(18)12-7-10(9-4-2-1-3-5-9)6-11(8-12)13-15-16-13/h1-8H,(H,15,16)(H,17,18). The quantitative estimate of drug-likeness (QED) is 0.861. The van der Waals surface area contributed by atoms with E-state index < -0.39 is 5.97 Å². The number of amidine groups is 1. The van der Waals surface area contributed by atoms with Gasteiger partial charge in [0.05, 0.1) is 5.56 Å². The van der Waals surface area contributed by atoms with Crippen molar-refractivity contribution in [3.05, 3.63) is 59.7 Å². The SMILES string of the molecule is O=C(O)c1cc(C2=NN2)cc(-c2ccccc2)c1. The number of carbonyl (C=O) groups is 1. The molecule has 1 aliphatic rings. The smallest absolute Gasteiger partial charge is 0.335 e. The Hall–Kier alpha value is -2.62. The van der Waals surface area contributed by atoms with E-state index in [9.17, 15) is 4.79 Å². The van der Waals surface area contributed by atoms with Gasteiger partial charge < -0.3 is 5.11 Å². The Morgan fingerprint density at radius 2 is 1.67 bits per heavy atom. The third-order valence-electron chi connectivity index (χ3n) is 2.78. The van der Waals surface area contributed by atoms with Crippen molar-refractivity contribution in [2.45, 2.75) is 0 Å². The lowest BCUT2D eigenvalue weighted by molar-refractivity contribution is 0.0697. The fraction of sp³-hybridized carbons (Fsp3) is 0. The lowest BCUT2D eigenvalue weighted by atomic mass is 9.99. The first-order valence-corrected chi connectivity index (χ1v) is 5.52. The van der Waals surface area contributed by atoms with Crippen molar-refractivity contribution in [2.75, 3.05) is 0 Å². The summed E-state index contributed by atoms with van der Waals surface area (Å²) in [6, 6.07) is 14.9. The Morgan fingerprint density at radius 1 is 1.00 bits per heavy atom. The molecule has 0 radical (unpaired) electrons.